The number of rotatable bonds is 4. The predicted molar refractivity (Wildman–Crippen MR) is 109 cm³/mol. The first-order chi connectivity index (χ1) is 11.3. The second kappa shape index (κ2) is 10.7. The third-order valence-corrected chi connectivity index (χ3v) is 5.29. The van der Waals surface area contributed by atoms with E-state index in [2.05, 4.69) is 46.7 Å². The van der Waals surface area contributed by atoms with Crippen LogP contribution in [0.3, 0.4) is 0 Å². The summed E-state index contributed by atoms with van der Waals surface area (Å²) >= 11 is 3.33. The van der Waals surface area contributed by atoms with Gasteiger partial charge in [0, 0.05) is 13.6 Å². The summed E-state index contributed by atoms with van der Waals surface area (Å²) in [6.45, 7) is 9.59. The maximum atomic E-state index is 5.65. The Bertz CT molecular complexity index is 522. The zero-order valence-electron chi connectivity index (χ0n) is 15.8. The molecule has 0 spiro atoms. The highest BCUT2D eigenvalue weighted by Gasteiger charge is 2.15. The summed E-state index contributed by atoms with van der Waals surface area (Å²) in [7, 11) is 1.97. The fourth-order valence-electron chi connectivity index (χ4n) is 2.76. The molecule has 0 unspecified atom stereocenters. The first-order valence-corrected chi connectivity index (χ1v) is 9.81. The van der Waals surface area contributed by atoms with E-state index in [-0.39, 0.29) is 0 Å². The number of pyridine rings is 1. The molecule has 5 heteroatoms. The van der Waals surface area contributed by atoms with E-state index >= 15 is 0 Å². The number of aliphatic imine (C=N–C) groups is 1. The van der Waals surface area contributed by atoms with Gasteiger partial charge in [0.1, 0.15) is 5.82 Å². The summed E-state index contributed by atoms with van der Waals surface area (Å²) in [5, 5.41) is 0. The van der Waals surface area contributed by atoms with Gasteiger partial charge in [-0.05, 0) is 47.7 Å². The van der Waals surface area contributed by atoms with Crippen LogP contribution in [0.4, 0.5) is 11.5 Å². The van der Waals surface area contributed by atoms with Crippen molar-refractivity contribution in [2.24, 2.45) is 16.8 Å². The van der Waals surface area contributed by atoms with E-state index in [0.29, 0.717) is 5.82 Å². The summed E-state index contributed by atoms with van der Waals surface area (Å²) in [6, 6.07) is 1.87. The lowest BCUT2D eigenvalue weighted by Crippen LogP contribution is -2.14. The molecule has 24 heavy (non-hydrogen) atoms. The van der Waals surface area contributed by atoms with Gasteiger partial charge in [0.25, 0.3) is 0 Å². The number of nitrogen functional groups attached to an aromatic ring is 1. The molecule has 1 aromatic heterocycles. The van der Waals surface area contributed by atoms with Crippen LogP contribution < -0.4 is 5.73 Å². The average molecular weight is 397 g/mol. The monoisotopic (exact) mass is 396 g/mol. The van der Waals surface area contributed by atoms with E-state index in [0.717, 1.165) is 34.2 Å². The van der Waals surface area contributed by atoms with Crippen molar-refractivity contribution in [1.29, 1.82) is 0 Å². The molecule has 0 aromatic carbocycles. The maximum Gasteiger partial charge on any atom is 0.138 e. The third kappa shape index (κ3) is 7.20. The van der Waals surface area contributed by atoms with Crippen molar-refractivity contribution in [2.45, 2.75) is 59.8 Å². The van der Waals surface area contributed by atoms with Gasteiger partial charge in [0.2, 0.25) is 0 Å². The highest BCUT2D eigenvalue weighted by molar-refractivity contribution is 9.10. The first kappa shape index (κ1) is 20.9. The smallest absolute Gasteiger partial charge is 0.138 e. The molecule has 1 heterocycles. The average Bonchev–Trinajstić information content (AvgIpc) is 2.58. The van der Waals surface area contributed by atoms with E-state index in [1.807, 2.05) is 24.9 Å². The van der Waals surface area contributed by atoms with Crippen LogP contribution in [0.1, 0.15) is 58.6 Å². The van der Waals surface area contributed by atoms with Gasteiger partial charge in [-0.15, -0.1) is 0 Å². The highest BCUT2D eigenvalue weighted by atomic mass is 79.9. The molecule has 0 bridgehead atoms. The standard InChI is InChI=1S/C10H15BrN4.C9H18/c1-4-15(3)6-13-9-5-8(11)10(12)14-7(9)2;1-8(2)9-6-4-3-5-7-9/h5-6H,4H2,1-3H3,(H2,12,14);8-9H,3-7H2,1-2H3. The van der Waals surface area contributed by atoms with Crippen molar-refractivity contribution in [3.8, 4) is 0 Å². The van der Waals surface area contributed by atoms with Crippen LogP contribution in [0.25, 0.3) is 0 Å². The van der Waals surface area contributed by atoms with Crippen LogP contribution in [0.15, 0.2) is 15.5 Å². The largest absolute Gasteiger partial charge is 0.383 e. The molecule has 0 aliphatic heterocycles. The molecule has 1 saturated carbocycles. The fraction of sp³-hybridized carbons (Fsp3) is 0.684. The van der Waals surface area contributed by atoms with Gasteiger partial charge in [-0.3, -0.25) is 0 Å². The van der Waals surface area contributed by atoms with Crippen LogP contribution in [0.5, 0.6) is 0 Å². The SMILES string of the molecule is CC(C)C1CCCCC1.CCN(C)C=Nc1cc(Br)c(N)nc1C. The molecule has 1 aromatic rings. The molecule has 2 N–H and O–H groups in total. The van der Waals surface area contributed by atoms with E-state index < -0.39 is 0 Å². The third-order valence-electron chi connectivity index (χ3n) is 4.65. The van der Waals surface area contributed by atoms with Gasteiger partial charge in [-0.1, -0.05) is 46.0 Å². The van der Waals surface area contributed by atoms with Crippen LogP contribution in [-0.4, -0.2) is 29.8 Å². The van der Waals surface area contributed by atoms with Gasteiger partial charge in [-0.25, -0.2) is 9.98 Å². The Balaban J connectivity index is 0.000000272. The molecule has 1 aliphatic carbocycles. The first-order valence-electron chi connectivity index (χ1n) is 9.02. The number of hydrogen-bond acceptors (Lipinski definition) is 3. The van der Waals surface area contributed by atoms with Crippen molar-refractivity contribution in [2.75, 3.05) is 19.3 Å². The second-order valence-electron chi connectivity index (χ2n) is 6.92. The molecular weight excluding hydrogens is 364 g/mol. The van der Waals surface area contributed by atoms with E-state index in [1.54, 1.807) is 6.34 Å². The quantitative estimate of drug-likeness (QED) is 0.534. The summed E-state index contributed by atoms with van der Waals surface area (Å²) in [5.41, 5.74) is 7.31. The molecule has 4 nitrogen and oxygen atoms in total. The van der Waals surface area contributed by atoms with E-state index in [1.165, 1.54) is 32.1 Å². The number of aryl methyl sites for hydroxylation is 1. The maximum absolute atomic E-state index is 5.65. The van der Waals surface area contributed by atoms with Gasteiger partial charge >= 0.3 is 0 Å². The lowest BCUT2D eigenvalue weighted by atomic mass is 9.82. The summed E-state index contributed by atoms with van der Waals surface area (Å²) in [6.07, 6.45) is 9.25. The number of halogens is 1. The Kier molecular flexibility index (Phi) is 9.34. The molecule has 0 radical (unpaired) electrons. The van der Waals surface area contributed by atoms with E-state index in [9.17, 15) is 0 Å². The summed E-state index contributed by atoms with van der Waals surface area (Å²) in [4.78, 5) is 10.5. The van der Waals surface area contributed by atoms with Crippen LogP contribution in [0, 0.1) is 18.8 Å². The van der Waals surface area contributed by atoms with Gasteiger partial charge in [-0.2, -0.15) is 0 Å². The minimum atomic E-state index is 0.496. The Morgan fingerprint density at radius 3 is 2.50 bits per heavy atom. The zero-order chi connectivity index (χ0) is 18.1. The second-order valence-corrected chi connectivity index (χ2v) is 7.77. The Morgan fingerprint density at radius 1 is 1.38 bits per heavy atom. The minimum Gasteiger partial charge on any atom is -0.383 e. The summed E-state index contributed by atoms with van der Waals surface area (Å²) in [5.74, 6) is 2.49. The lowest BCUT2D eigenvalue weighted by molar-refractivity contribution is 0.279. The number of nitrogens with zero attached hydrogens (tertiary/aromatic N) is 3. The van der Waals surface area contributed by atoms with Crippen molar-refractivity contribution < 1.29 is 0 Å². The lowest BCUT2D eigenvalue weighted by Gasteiger charge is -2.24. The molecule has 1 fully saturated rings. The molecule has 2 rings (SSSR count). The van der Waals surface area contributed by atoms with Crippen LogP contribution >= 0.6 is 15.9 Å². The Morgan fingerprint density at radius 2 is 2.00 bits per heavy atom. The van der Waals surface area contributed by atoms with Gasteiger partial charge in [0.05, 0.1) is 22.2 Å². The molecule has 136 valence electrons. The Hall–Kier alpha value is -1.10. The van der Waals surface area contributed by atoms with E-state index in [4.69, 9.17) is 5.73 Å². The fourth-order valence-corrected chi connectivity index (χ4v) is 3.07. The number of aromatic nitrogens is 1. The van der Waals surface area contributed by atoms with Crippen molar-refractivity contribution in [3.63, 3.8) is 0 Å². The predicted octanol–water partition coefficient (Wildman–Crippen LogP) is 5.57. The molecule has 1 aliphatic rings. The zero-order valence-corrected chi connectivity index (χ0v) is 17.4. The number of hydrogen-bond donors (Lipinski definition) is 1. The van der Waals surface area contributed by atoms with Crippen LogP contribution in [-0.2, 0) is 0 Å². The van der Waals surface area contributed by atoms with Crippen molar-refractivity contribution in [3.05, 3.63) is 16.2 Å². The molecule has 0 atom stereocenters. The summed E-state index contributed by atoms with van der Waals surface area (Å²) < 4.78 is 0.777. The minimum absolute atomic E-state index is 0.496. The van der Waals surface area contributed by atoms with Gasteiger partial charge < -0.3 is 10.6 Å². The molecule has 0 amide bonds. The highest BCUT2D eigenvalue weighted by Crippen LogP contribution is 2.29. The topological polar surface area (TPSA) is 54.5 Å². The van der Waals surface area contributed by atoms with Crippen molar-refractivity contribution >= 4 is 33.8 Å². The number of anilines is 1. The number of nitrogens with two attached hydrogens (primary N) is 1. The molecule has 0 saturated heterocycles. The Labute approximate surface area is 156 Å². The van der Waals surface area contributed by atoms with Crippen LogP contribution in [0.2, 0.25) is 0 Å². The van der Waals surface area contributed by atoms with Gasteiger partial charge in [0.15, 0.2) is 0 Å². The molecular formula is C19H33BrN4. The normalized spacial score (nSPS) is 15.5. The van der Waals surface area contributed by atoms with Crippen molar-refractivity contribution in [1.82, 2.24) is 9.88 Å².